The van der Waals surface area contributed by atoms with Gasteiger partial charge in [0.05, 0.1) is 0 Å². The molecule has 2 atom stereocenters. The summed E-state index contributed by atoms with van der Waals surface area (Å²) in [5.74, 6) is 0.838. The highest BCUT2D eigenvalue weighted by molar-refractivity contribution is 4.78. The number of hydrogen-bond acceptors (Lipinski definition) is 2. The number of likely N-dealkylation sites (N-methyl/N-ethyl adjacent to an activating group) is 1. The second-order valence-electron chi connectivity index (χ2n) is 5.55. The number of hydrogen-bond donors (Lipinski definition) is 1. The van der Waals surface area contributed by atoms with Gasteiger partial charge in [-0.3, -0.25) is 0 Å². The quantitative estimate of drug-likeness (QED) is 0.728. The Bertz CT molecular complexity index is 162. The zero-order chi connectivity index (χ0) is 11.3. The summed E-state index contributed by atoms with van der Waals surface area (Å²) in [5.41, 5.74) is 0. The Hall–Kier alpha value is -0.0800. The number of rotatable bonds is 6. The smallest absolute Gasteiger partial charge is 0.0195 e. The van der Waals surface area contributed by atoms with Crippen LogP contribution < -0.4 is 5.32 Å². The van der Waals surface area contributed by atoms with Crippen molar-refractivity contribution >= 4 is 0 Å². The molecule has 1 heterocycles. The van der Waals surface area contributed by atoms with E-state index in [-0.39, 0.29) is 0 Å². The van der Waals surface area contributed by atoms with E-state index < -0.39 is 0 Å². The molecule has 1 aliphatic heterocycles. The predicted molar refractivity (Wildman–Crippen MR) is 67.2 cm³/mol. The average Bonchev–Trinajstić information content (AvgIpc) is 2.66. The topological polar surface area (TPSA) is 15.3 Å². The lowest BCUT2D eigenvalue weighted by Gasteiger charge is -2.28. The Balaban J connectivity index is 2.16. The summed E-state index contributed by atoms with van der Waals surface area (Å²) in [4.78, 5) is 2.52. The number of nitrogens with zero attached hydrogens (tertiary/aromatic N) is 1. The first-order chi connectivity index (χ1) is 7.09. The van der Waals surface area contributed by atoms with Crippen molar-refractivity contribution in [1.29, 1.82) is 0 Å². The van der Waals surface area contributed by atoms with E-state index in [1.165, 1.54) is 38.8 Å². The molecule has 15 heavy (non-hydrogen) atoms. The number of nitrogens with one attached hydrogen (secondary N) is 1. The van der Waals surface area contributed by atoms with Crippen molar-refractivity contribution in [1.82, 2.24) is 10.2 Å². The molecule has 0 spiro atoms. The van der Waals surface area contributed by atoms with Crippen molar-refractivity contribution in [3.63, 3.8) is 0 Å². The normalized spacial score (nSPS) is 24.0. The van der Waals surface area contributed by atoms with Crippen LogP contribution in [0.5, 0.6) is 0 Å². The Morgan fingerprint density at radius 3 is 2.53 bits per heavy atom. The van der Waals surface area contributed by atoms with Crippen molar-refractivity contribution in [2.75, 3.05) is 20.1 Å². The first kappa shape index (κ1) is 13.0. The first-order valence-corrected chi connectivity index (χ1v) is 6.53. The molecule has 1 saturated heterocycles. The van der Waals surface area contributed by atoms with E-state index in [0.29, 0.717) is 0 Å². The molecule has 1 N–H and O–H groups in total. The Kier molecular flexibility index (Phi) is 5.62. The van der Waals surface area contributed by atoms with Gasteiger partial charge in [0.25, 0.3) is 0 Å². The van der Waals surface area contributed by atoms with E-state index in [9.17, 15) is 0 Å². The largest absolute Gasteiger partial charge is 0.313 e. The zero-order valence-corrected chi connectivity index (χ0v) is 10.9. The standard InChI is InChI=1S/C13H28N2/c1-11(2)7-8-12(3)15(4)10-13-6-5-9-14-13/h11-14H,5-10H2,1-4H3. The van der Waals surface area contributed by atoms with Crippen LogP contribution in [0.15, 0.2) is 0 Å². The fraction of sp³-hybridized carbons (Fsp3) is 1.00. The molecule has 2 unspecified atom stereocenters. The third-order valence-corrected chi connectivity index (χ3v) is 3.58. The zero-order valence-electron chi connectivity index (χ0n) is 10.9. The van der Waals surface area contributed by atoms with Gasteiger partial charge in [0, 0.05) is 18.6 Å². The van der Waals surface area contributed by atoms with Crippen LogP contribution in [0.4, 0.5) is 0 Å². The lowest BCUT2D eigenvalue weighted by molar-refractivity contribution is 0.217. The third-order valence-electron chi connectivity index (χ3n) is 3.58. The molecule has 90 valence electrons. The maximum Gasteiger partial charge on any atom is 0.0195 e. The van der Waals surface area contributed by atoms with E-state index in [1.807, 2.05) is 0 Å². The van der Waals surface area contributed by atoms with Gasteiger partial charge in [0.2, 0.25) is 0 Å². The molecule has 0 saturated carbocycles. The highest BCUT2D eigenvalue weighted by Crippen LogP contribution is 2.13. The second-order valence-corrected chi connectivity index (χ2v) is 5.55. The Labute approximate surface area is 95.4 Å². The van der Waals surface area contributed by atoms with E-state index in [1.54, 1.807) is 0 Å². The maximum absolute atomic E-state index is 3.57. The molecule has 0 bridgehead atoms. The summed E-state index contributed by atoms with van der Waals surface area (Å²) in [7, 11) is 2.27. The molecule has 1 fully saturated rings. The predicted octanol–water partition coefficient (Wildman–Crippen LogP) is 2.49. The van der Waals surface area contributed by atoms with Crippen LogP contribution >= 0.6 is 0 Å². The molecule has 0 amide bonds. The van der Waals surface area contributed by atoms with Gasteiger partial charge < -0.3 is 10.2 Å². The minimum absolute atomic E-state index is 0.731. The Morgan fingerprint density at radius 1 is 1.27 bits per heavy atom. The molecular weight excluding hydrogens is 184 g/mol. The molecule has 0 aliphatic carbocycles. The van der Waals surface area contributed by atoms with Crippen molar-refractivity contribution in [2.24, 2.45) is 5.92 Å². The minimum Gasteiger partial charge on any atom is -0.313 e. The van der Waals surface area contributed by atoms with Gasteiger partial charge in [-0.15, -0.1) is 0 Å². The molecule has 0 aromatic rings. The van der Waals surface area contributed by atoms with Gasteiger partial charge in [-0.05, 0) is 52.1 Å². The first-order valence-electron chi connectivity index (χ1n) is 6.53. The molecule has 2 heteroatoms. The second kappa shape index (κ2) is 6.49. The SMILES string of the molecule is CC(C)CCC(C)N(C)CC1CCCN1. The van der Waals surface area contributed by atoms with Gasteiger partial charge in [0.1, 0.15) is 0 Å². The summed E-state index contributed by atoms with van der Waals surface area (Å²) in [5, 5.41) is 3.57. The molecule has 0 aromatic carbocycles. The van der Waals surface area contributed by atoms with E-state index in [2.05, 4.69) is 38.0 Å². The average molecular weight is 212 g/mol. The highest BCUT2D eigenvalue weighted by atomic mass is 15.2. The summed E-state index contributed by atoms with van der Waals surface area (Å²) >= 11 is 0. The summed E-state index contributed by atoms with van der Waals surface area (Å²) < 4.78 is 0. The van der Waals surface area contributed by atoms with Crippen molar-refractivity contribution < 1.29 is 0 Å². The Morgan fingerprint density at radius 2 is 2.00 bits per heavy atom. The minimum atomic E-state index is 0.731. The summed E-state index contributed by atoms with van der Waals surface area (Å²) in [6.07, 6.45) is 5.41. The highest BCUT2D eigenvalue weighted by Gasteiger charge is 2.18. The van der Waals surface area contributed by atoms with Crippen LogP contribution in [-0.2, 0) is 0 Å². The van der Waals surface area contributed by atoms with Crippen molar-refractivity contribution in [2.45, 2.75) is 58.5 Å². The van der Waals surface area contributed by atoms with Crippen molar-refractivity contribution in [3.05, 3.63) is 0 Å². The van der Waals surface area contributed by atoms with E-state index >= 15 is 0 Å². The van der Waals surface area contributed by atoms with Gasteiger partial charge in [-0.1, -0.05) is 13.8 Å². The van der Waals surface area contributed by atoms with E-state index in [4.69, 9.17) is 0 Å². The lowest BCUT2D eigenvalue weighted by atomic mass is 10.0. The molecule has 0 aromatic heterocycles. The monoisotopic (exact) mass is 212 g/mol. The van der Waals surface area contributed by atoms with Crippen LogP contribution in [0.2, 0.25) is 0 Å². The summed E-state index contributed by atoms with van der Waals surface area (Å²) in [6.45, 7) is 9.42. The van der Waals surface area contributed by atoms with Crippen molar-refractivity contribution in [3.8, 4) is 0 Å². The van der Waals surface area contributed by atoms with E-state index in [0.717, 1.165) is 18.0 Å². The maximum atomic E-state index is 3.57. The van der Waals surface area contributed by atoms with Crippen LogP contribution in [0, 0.1) is 5.92 Å². The molecule has 2 nitrogen and oxygen atoms in total. The van der Waals surface area contributed by atoms with Crippen LogP contribution in [0.1, 0.15) is 46.5 Å². The molecule has 1 aliphatic rings. The van der Waals surface area contributed by atoms with Crippen LogP contribution in [0.3, 0.4) is 0 Å². The van der Waals surface area contributed by atoms with Crippen LogP contribution in [-0.4, -0.2) is 37.1 Å². The van der Waals surface area contributed by atoms with Gasteiger partial charge in [-0.2, -0.15) is 0 Å². The van der Waals surface area contributed by atoms with Gasteiger partial charge in [-0.25, -0.2) is 0 Å². The van der Waals surface area contributed by atoms with Gasteiger partial charge in [0.15, 0.2) is 0 Å². The van der Waals surface area contributed by atoms with Gasteiger partial charge >= 0.3 is 0 Å². The lowest BCUT2D eigenvalue weighted by Crippen LogP contribution is -2.39. The fourth-order valence-electron chi connectivity index (χ4n) is 2.24. The summed E-state index contributed by atoms with van der Waals surface area (Å²) in [6, 6.07) is 1.48. The van der Waals surface area contributed by atoms with Crippen LogP contribution in [0.25, 0.3) is 0 Å². The fourth-order valence-corrected chi connectivity index (χ4v) is 2.24. The third kappa shape index (κ3) is 4.98. The molecular formula is C13H28N2. The molecule has 0 radical (unpaired) electrons. The molecule has 1 rings (SSSR count).